The molecular formula is C30H42N4O4S. The third-order valence-corrected chi connectivity index (χ3v) is 10.7. The van der Waals surface area contributed by atoms with E-state index in [0.29, 0.717) is 24.1 Å². The molecule has 2 aliphatic carbocycles. The molecule has 5 fully saturated rings. The van der Waals surface area contributed by atoms with Crippen molar-refractivity contribution in [2.45, 2.75) is 62.7 Å². The van der Waals surface area contributed by atoms with Crippen LogP contribution >= 0.6 is 11.8 Å². The monoisotopic (exact) mass is 554 g/mol. The number of fused-ring (bicyclic) bond motifs is 2. The zero-order valence-electron chi connectivity index (χ0n) is 23.1. The summed E-state index contributed by atoms with van der Waals surface area (Å²) < 4.78 is 10.9. The minimum Gasteiger partial charge on any atom is -0.492 e. The van der Waals surface area contributed by atoms with Crippen molar-refractivity contribution in [3.63, 3.8) is 0 Å². The van der Waals surface area contributed by atoms with Gasteiger partial charge in [-0.1, -0.05) is 24.2 Å². The van der Waals surface area contributed by atoms with E-state index in [1.807, 2.05) is 29.2 Å². The molecular weight excluding hydrogens is 512 g/mol. The van der Waals surface area contributed by atoms with Crippen molar-refractivity contribution in [2.75, 3.05) is 52.5 Å². The Labute approximate surface area is 236 Å². The van der Waals surface area contributed by atoms with Gasteiger partial charge in [0.2, 0.25) is 5.91 Å². The number of benzene rings is 1. The second-order valence-electron chi connectivity index (χ2n) is 12.2. The van der Waals surface area contributed by atoms with Crippen LogP contribution in [-0.2, 0) is 9.53 Å². The molecule has 0 spiro atoms. The van der Waals surface area contributed by atoms with Crippen LogP contribution in [-0.4, -0.2) is 90.1 Å². The molecule has 0 radical (unpaired) electrons. The molecule has 3 saturated heterocycles. The van der Waals surface area contributed by atoms with E-state index >= 15 is 0 Å². The Morgan fingerprint density at radius 2 is 1.97 bits per heavy atom. The Morgan fingerprint density at radius 3 is 2.72 bits per heavy atom. The Kier molecular flexibility index (Phi) is 8.19. The van der Waals surface area contributed by atoms with Gasteiger partial charge in [-0.3, -0.25) is 19.5 Å². The van der Waals surface area contributed by atoms with Gasteiger partial charge in [-0.05, 0) is 81.4 Å². The lowest BCUT2D eigenvalue weighted by atomic mass is 9.87. The van der Waals surface area contributed by atoms with Crippen LogP contribution in [0.4, 0.5) is 0 Å². The molecule has 3 aliphatic heterocycles. The van der Waals surface area contributed by atoms with Gasteiger partial charge in [0.1, 0.15) is 12.4 Å². The zero-order valence-corrected chi connectivity index (χ0v) is 23.9. The first kappa shape index (κ1) is 27.1. The fraction of sp³-hybridized carbons (Fsp3) is 0.700. The maximum Gasteiger partial charge on any atom is 0.253 e. The van der Waals surface area contributed by atoms with Crippen molar-refractivity contribution in [1.29, 1.82) is 0 Å². The normalized spacial score (nSPS) is 32.6. The molecule has 5 aliphatic rings. The number of nitrogens with zero attached hydrogens (tertiary/aromatic N) is 3. The van der Waals surface area contributed by atoms with Crippen LogP contribution in [0.15, 0.2) is 29.3 Å². The quantitative estimate of drug-likeness (QED) is 0.526. The van der Waals surface area contributed by atoms with Gasteiger partial charge in [0.15, 0.2) is 5.17 Å². The van der Waals surface area contributed by atoms with Gasteiger partial charge >= 0.3 is 0 Å². The number of nitrogens with one attached hydrogen (secondary N) is 1. The Balaban J connectivity index is 0.972. The number of amides is 2. The second kappa shape index (κ2) is 11.8. The minimum absolute atomic E-state index is 0.0616. The molecule has 39 heavy (non-hydrogen) atoms. The molecule has 3 heterocycles. The first-order valence-electron chi connectivity index (χ1n) is 14.9. The summed E-state index contributed by atoms with van der Waals surface area (Å²) in [7, 11) is 0. The van der Waals surface area contributed by atoms with Crippen LogP contribution in [0.3, 0.4) is 0 Å². The van der Waals surface area contributed by atoms with Gasteiger partial charge in [0, 0.05) is 38.3 Å². The number of carbonyl (C=O) groups excluding carboxylic acids is 2. The number of hydrogen-bond acceptors (Lipinski definition) is 7. The lowest BCUT2D eigenvalue weighted by Crippen LogP contribution is -2.41. The summed E-state index contributed by atoms with van der Waals surface area (Å²) in [6.45, 7) is 8.41. The van der Waals surface area contributed by atoms with Gasteiger partial charge in [-0.15, -0.1) is 0 Å². The number of aliphatic imine (C=N–C) groups is 1. The molecule has 2 amide bonds. The average molecular weight is 555 g/mol. The molecule has 2 saturated carbocycles. The summed E-state index contributed by atoms with van der Waals surface area (Å²) in [5.41, 5.74) is 0.677. The largest absolute Gasteiger partial charge is 0.492 e. The maximum atomic E-state index is 13.3. The second-order valence-corrected chi connectivity index (χ2v) is 13.7. The summed E-state index contributed by atoms with van der Waals surface area (Å²) in [4.78, 5) is 35.5. The fourth-order valence-corrected chi connectivity index (χ4v) is 8.36. The maximum absolute atomic E-state index is 13.3. The summed E-state index contributed by atoms with van der Waals surface area (Å²) >= 11 is 1.64. The van der Waals surface area contributed by atoms with Gasteiger partial charge in [0.05, 0.1) is 24.0 Å². The predicted octanol–water partition coefficient (Wildman–Crippen LogP) is 3.81. The Hall–Kier alpha value is -2.10. The summed E-state index contributed by atoms with van der Waals surface area (Å²) in [6, 6.07) is 7.96. The van der Waals surface area contributed by atoms with E-state index in [1.165, 1.54) is 25.7 Å². The van der Waals surface area contributed by atoms with Crippen LogP contribution in [0, 0.1) is 17.8 Å². The van der Waals surface area contributed by atoms with Crippen molar-refractivity contribution in [3.05, 3.63) is 29.8 Å². The lowest BCUT2D eigenvalue weighted by Gasteiger charge is -2.34. The van der Waals surface area contributed by atoms with Crippen molar-refractivity contribution < 1.29 is 19.1 Å². The molecule has 2 bridgehead atoms. The van der Waals surface area contributed by atoms with E-state index in [1.54, 1.807) is 11.8 Å². The first-order valence-corrected chi connectivity index (χ1v) is 15.7. The summed E-state index contributed by atoms with van der Waals surface area (Å²) in [5, 5.41) is 3.93. The van der Waals surface area contributed by atoms with Gasteiger partial charge < -0.3 is 19.7 Å². The first-order chi connectivity index (χ1) is 18.9. The number of morpholine rings is 1. The molecule has 9 heteroatoms. The lowest BCUT2D eigenvalue weighted by molar-refractivity contribution is -0.121. The molecule has 0 aromatic heterocycles. The van der Waals surface area contributed by atoms with Crippen LogP contribution < -0.4 is 10.1 Å². The molecule has 4 atom stereocenters. The molecule has 6 rings (SSSR count). The molecule has 4 unspecified atom stereocenters. The van der Waals surface area contributed by atoms with Gasteiger partial charge in [-0.25, -0.2) is 0 Å². The van der Waals surface area contributed by atoms with E-state index in [2.05, 4.69) is 17.1 Å². The number of ether oxygens (including phenoxy) is 2. The van der Waals surface area contributed by atoms with E-state index < -0.39 is 4.75 Å². The number of thioether (sulfide) groups is 1. The number of likely N-dealkylation sites (tertiary alicyclic amines) is 1. The van der Waals surface area contributed by atoms with Crippen LogP contribution in [0.25, 0.3) is 0 Å². The number of carbonyl (C=O) groups is 2. The average Bonchev–Trinajstić information content (AvgIpc) is 3.64. The number of piperidine rings is 1. The number of amidine groups is 1. The highest BCUT2D eigenvalue weighted by molar-refractivity contribution is 8.16. The summed E-state index contributed by atoms with van der Waals surface area (Å²) in [6.07, 6.45) is 7.84. The highest BCUT2D eigenvalue weighted by Gasteiger charge is 2.46. The van der Waals surface area contributed by atoms with Crippen molar-refractivity contribution >= 4 is 28.7 Å². The SMILES string of the molecule is CC1(CC2CCN(C(=O)c3cccc(OCCN4CCOCC4)c3)CC2)SC(=NC2CC3CCC2C3)NC1=O. The highest BCUT2D eigenvalue weighted by atomic mass is 32.2. The fourth-order valence-electron chi connectivity index (χ4n) is 7.14. The van der Waals surface area contributed by atoms with Gasteiger partial charge in [-0.2, -0.15) is 0 Å². The van der Waals surface area contributed by atoms with E-state index in [-0.39, 0.29) is 11.8 Å². The van der Waals surface area contributed by atoms with Crippen LogP contribution in [0.5, 0.6) is 5.75 Å². The predicted molar refractivity (Wildman–Crippen MR) is 153 cm³/mol. The zero-order chi connectivity index (χ0) is 26.8. The third-order valence-electron chi connectivity index (χ3n) is 9.45. The van der Waals surface area contributed by atoms with Crippen molar-refractivity contribution in [2.24, 2.45) is 22.7 Å². The van der Waals surface area contributed by atoms with Gasteiger partial charge in [0.25, 0.3) is 5.91 Å². The number of hydrogen-bond donors (Lipinski definition) is 1. The van der Waals surface area contributed by atoms with Crippen molar-refractivity contribution in [1.82, 2.24) is 15.1 Å². The van der Waals surface area contributed by atoms with Crippen LogP contribution in [0.2, 0.25) is 0 Å². The minimum atomic E-state index is -0.472. The Morgan fingerprint density at radius 1 is 1.15 bits per heavy atom. The van der Waals surface area contributed by atoms with E-state index in [4.69, 9.17) is 14.5 Å². The Bertz CT molecular complexity index is 1080. The smallest absolute Gasteiger partial charge is 0.253 e. The third kappa shape index (κ3) is 6.30. The molecule has 8 nitrogen and oxygen atoms in total. The molecule has 1 aromatic carbocycles. The standard InChI is InChI=1S/C30H42N4O4S/c1-30(28(36)32-29(39-30)31-26-18-22-5-6-23(26)17-22)20-21-7-9-34(10-8-21)27(35)24-3-2-4-25(19-24)38-16-13-33-11-14-37-15-12-33/h2-4,19,21-23,26H,5-18,20H2,1H3,(H,31,32,36). The topological polar surface area (TPSA) is 83.5 Å². The van der Waals surface area contributed by atoms with Crippen LogP contribution in [0.1, 0.15) is 62.2 Å². The summed E-state index contributed by atoms with van der Waals surface area (Å²) in [5.74, 6) is 2.89. The van der Waals surface area contributed by atoms with Crippen molar-refractivity contribution in [3.8, 4) is 5.75 Å². The highest BCUT2D eigenvalue weighted by Crippen LogP contribution is 2.47. The number of rotatable bonds is 8. The van der Waals surface area contributed by atoms with E-state index in [9.17, 15) is 9.59 Å². The van der Waals surface area contributed by atoms with E-state index in [0.717, 1.165) is 88.0 Å². The molecule has 1 aromatic rings. The molecule has 212 valence electrons. The molecule has 1 N–H and O–H groups in total.